The third-order valence-corrected chi connectivity index (χ3v) is 2.03. The molecule has 1 aromatic carbocycles. The summed E-state index contributed by atoms with van der Waals surface area (Å²) in [4.78, 5) is 21.7. The van der Waals surface area contributed by atoms with Crippen LogP contribution >= 0.6 is 11.6 Å². The van der Waals surface area contributed by atoms with Gasteiger partial charge >= 0.3 is 0 Å². The Morgan fingerprint density at radius 1 is 1.29 bits per heavy atom. The first kappa shape index (κ1) is 13.3. The van der Waals surface area contributed by atoms with Gasteiger partial charge in [-0.2, -0.15) is 0 Å². The zero-order valence-corrected chi connectivity index (χ0v) is 9.87. The zero-order valence-electron chi connectivity index (χ0n) is 9.11. The third-order valence-electron chi connectivity index (χ3n) is 1.84. The number of alkyl halides is 1. The van der Waals surface area contributed by atoms with Gasteiger partial charge in [0.2, 0.25) is 5.91 Å². The van der Waals surface area contributed by atoms with Crippen molar-refractivity contribution in [2.24, 2.45) is 5.73 Å². The van der Waals surface area contributed by atoms with Crippen molar-refractivity contribution in [1.82, 2.24) is 0 Å². The van der Waals surface area contributed by atoms with Crippen LogP contribution in [0.5, 0.6) is 5.75 Å². The average Bonchev–Trinajstić information content (AvgIpc) is 2.28. The number of amides is 2. The first-order valence-corrected chi connectivity index (χ1v) is 5.52. The largest absolute Gasteiger partial charge is 0.484 e. The summed E-state index contributed by atoms with van der Waals surface area (Å²) in [6, 6.07) is 6.61. The van der Waals surface area contributed by atoms with Crippen LogP contribution < -0.4 is 15.8 Å². The lowest BCUT2D eigenvalue weighted by Gasteiger charge is -2.06. The van der Waals surface area contributed by atoms with E-state index in [2.05, 4.69) is 5.32 Å². The van der Waals surface area contributed by atoms with E-state index in [0.29, 0.717) is 11.4 Å². The molecule has 92 valence electrons. The third kappa shape index (κ3) is 5.21. The molecule has 0 radical (unpaired) electrons. The van der Waals surface area contributed by atoms with Crippen LogP contribution in [0, 0.1) is 0 Å². The quantitative estimate of drug-likeness (QED) is 0.749. The molecule has 0 fully saturated rings. The summed E-state index contributed by atoms with van der Waals surface area (Å²) in [5.41, 5.74) is 5.58. The standard InChI is InChI=1S/C11H13ClN2O3/c12-6-5-11(16)14-8-1-3-9(4-2-8)17-7-10(13)15/h1-4H,5-7H2,(H2,13,15)(H,14,16). The molecule has 1 rings (SSSR count). The van der Waals surface area contributed by atoms with Crippen molar-refractivity contribution in [2.45, 2.75) is 6.42 Å². The van der Waals surface area contributed by atoms with Gasteiger partial charge in [0.15, 0.2) is 6.61 Å². The van der Waals surface area contributed by atoms with Gasteiger partial charge in [-0.3, -0.25) is 9.59 Å². The molecule has 17 heavy (non-hydrogen) atoms. The minimum atomic E-state index is -0.538. The van der Waals surface area contributed by atoms with E-state index in [-0.39, 0.29) is 24.8 Å². The Morgan fingerprint density at radius 2 is 1.94 bits per heavy atom. The highest BCUT2D eigenvalue weighted by Crippen LogP contribution is 2.15. The Bertz CT molecular complexity index is 392. The predicted octanol–water partition coefficient (Wildman–Crippen LogP) is 1.12. The molecule has 2 amide bonds. The first-order chi connectivity index (χ1) is 8.11. The maximum absolute atomic E-state index is 11.2. The van der Waals surface area contributed by atoms with Crippen molar-refractivity contribution in [3.63, 3.8) is 0 Å². The SMILES string of the molecule is NC(=O)COc1ccc(NC(=O)CCCl)cc1. The number of hydrogen-bond acceptors (Lipinski definition) is 3. The number of benzene rings is 1. The van der Waals surface area contributed by atoms with Gasteiger partial charge in [-0.05, 0) is 24.3 Å². The Morgan fingerprint density at radius 3 is 2.47 bits per heavy atom. The monoisotopic (exact) mass is 256 g/mol. The van der Waals surface area contributed by atoms with Crippen LogP contribution in [0.1, 0.15) is 6.42 Å². The summed E-state index contributed by atoms with van der Waals surface area (Å²) in [5.74, 6) is 0.112. The number of nitrogens with two attached hydrogens (primary N) is 1. The number of rotatable bonds is 6. The lowest BCUT2D eigenvalue weighted by Crippen LogP contribution is -2.20. The number of anilines is 1. The van der Waals surface area contributed by atoms with Crippen molar-refractivity contribution >= 4 is 29.1 Å². The molecule has 0 aliphatic heterocycles. The molecule has 0 bridgehead atoms. The van der Waals surface area contributed by atoms with Crippen LogP contribution in [0.3, 0.4) is 0 Å². The number of ether oxygens (including phenoxy) is 1. The molecule has 6 heteroatoms. The second-order valence-electron chi connectivity index (χ2n) is 3.27. The van der Waals surface area contributed by atoms with E-state index in [9.17, 15) is 9.59 Å². The van der Waals surface area contributed by atoms with Crippen molar-refractivity contribution in [1.29, 1.82) is 0 Å². The fourth-order valence-electron chi connectivity index (χ4n) is 1.10. The van der Waals surface area contributed by atoms with Crippen molar-refractivity contribution in [3.8, 4) is 5.75 Å². The predicted molar refractivity (Wildman–Crippen MR) is 65.1 cm³/mol. The number of carbonyl (C=O) groups excluding carboxylic acids is 2. The molecule has 0 aliphatic carbocycles. The van der Waals surface area contributed by atoms with E-state index in [4.69, 9.17) is 22.1 Å². The van der Waals surface area contributed by atoms with Crippen LogP contribution in [0.25, 0.3) is 0 Å². The Hall–Kier alpha value is -1.75. The lowest BCUT2D eigenvalue weighted by molar-refractivity contribution is -0.120. The highest BCUT2D eigenvalue weighted by Gasteiger charge is 2.02. The smallest absolute Gasteiger partial charge is 0.255 e. The molecule has 0 spiro atoms. The first-order valence-electron chi connectivity index (χ1n) is 4.99. The second-order valence-corrected chi connectivity index (χ2v) is 3.64. The van der Waals surface area contributed by atoms with E-state index < -0.39 is 5.91 Å². The van der Waals surface area contributed by atoms with Crippen LogP contribution in [0.4, 0.5) is 5.69 Å². The lowest BCUT2D eigenvalue weighted by atomic mass is 10.3. The van der Waals surface area contributed by atoms with Gasteiger partial charge in [-0.1, -0.05) is 0 Å². The topological polar surface area (TPSA) is 81.4 Å². The van der Waals surface area contributed by atoms with Crippen LogP contribution in [0.2, 0.25) is 0 Å². The molecule has 0 heterocycles. The van der Waals surface area contributed by atoms with E-state index in [1.165, 1.54) is 0 Å². The summed E-state index contributed by atoms with van der Waals surface area (Å²) in [6.07, 6.45) is 0.265. The van der Waals surface area contributed by atoms with Gasteiger partial charge in [-0.15, -0.1) is 11.6 Å². The molecule has 1 aromatic rings. The number of hydrogen-bond donors (Lipinski definition) is 2. The van der Waals surface area contributed by atoms with E-state index in [1.807, 2.05) is 0 Å². The van der Waals surface area contributed by atoms with Gasteiger partial charge in [0, 0.05) is 18.0 Å². The Labute approximate surface area is 104 Å². The fourth-order valence-corrected chi connectivity index (χ4v) is 1.27. The van der Waals surface area contributed by atoms with E-state index in [1.54, 1.807) is 24.3 Å². The van der Waals surface area contributed by atoms with Crippen molar-refractivity contribution in [3.05, 3.63) is 24.3 Å². The molecular weight excluding hydrogens is 244 g/mol. The second kappa shape index (κ2) is 6.75. The fraction of sp³-hybridized carbons (Fsp3) is 0.273. The van der Waals surface area contributed by atoms with E-state index >= 15 is 0 Å². The van der Waals surface area contributed by atoms with Crippen molar-refractivity contribution < 1.29 is 14.3 Å². The van der Waals surface area contributed by atoms with Crippen LogP contribution in [0.15, 0.2) is 24.3 Å². The minimum Gasteiger partial charge on any atom is -0.484 e. The summed E-state index contributed by atoms with van der Waals surface area (Å²) in [5, 5.41) is 2.66. The number of halogens is 1. The van der Waals surface area contributed by atoms with Crippen LogP contribution in [-0.4, -0.2) is 24.3 Å². The summed E-state index contributed by atoms with van der Waals surface area (Å²) in [7, 11) is 0. The summed E-state index contributed by atoms with van der Waals surface area (Å²) >= 11 is 5.43. The maximum Gasteiger partial charge on any atom is 0.255 e. The minimum absolute atomic E-state index is 0.147. The normalized spacial score (nSPS) is 9.71. The molecular formula is C11H13ClN2O3. The van der Waals surface area contributed by atoms with Gasteiger partial charge in [0.05, 0.1) is 0 Å². The average molecular weight is 257 g/mol. The van der Waals surface area contributed by atoms with Gasteiger partial charge in [0.1, 0.15) is 5.75 Å². The molecule has 0 aromatic heterocycles. The molecule has 0 saturated heterocycles. The van der Waals surface area contributed by atoms with Gasteiger partial charge in [0.25, 0.3) is 5.91 Å². The number of carbonyl (C=O) groups is 2. The highest BCUT2D eigenvalue weighted by atomic mass is 35.5. The summed E-state index contributed by atoms with van der Waals surface area (Å²) < 4.78 is 5.07. The molecule has 3 N–H and O–H groups in total. The maximum atomic E-state index is 11.2. The van der Waals surface area contributed by atoms with Crippen LogP contribution in [-0.2, 0) is 9.59 Å². The molecule has 0 atom stereocenters. The molecule has 0 saturated carbocycles. The van der Waals surface area contributed by atoms with Crippen molar-refractivity contribution in [2.75, 3.05) is 17.8 Å². The molecule has 0 aliphatic rings. The molecule has 5 nitrogen and oxygen atoms in total. The molecule has 0 unspecified atom stereocenters. The van der Waals surface area contributed by atoms with Gasteiger partial charge < -0.3 is 15.8 Å². The van der Waals surface area contributed by atoms with E-state index in [0.717, 1.165) is 0 Å². The number of nitrogens with one attached hydrogen (secondary N) is 1. The zero-order chi connectivity index (χ0) is 12.7. The Kier molecular flexibility index (Phi) is 5.29. The van der Waals surface area contributed by atoms with Gasteiger partial charge in [-0.25, -0.2) is 0 Å². The summed E-state index contributed by atoms with van der Waals surface area (Å²) in [6.45, 7) is -0.169. The number of primary amides is 1. The highest BCUT2D eigenvalue weighted by molar-refractivity contribution is 6.19. The Balaban J connectivity index is 2.49.